The SMILES string of the molecule is O=C1C(Sc2ccccc2)=C(c2ccc(F)cc2)C(=O)N1Cc1ccc(F)cc1. The average molecular weight is 407 g/mol. The molecule has 3 aromatic carbocycles. The summed E-state index contributed by atoms with van der Waals surface area (Å²) in [5.74, 6) is -1.69. The lowest BCUT2D eigenvalue weighted by molar-refractivity contribution is -0.137. The second-order valence-electron chi connectivity index (χ2n) is 6.45. The van der Waals surface area contributed by atoms with Crippen LogP contribution in [0.1, 0.15) is 11.1 Å². The van der Waals surface area contributed by atoms with Gasteiger partial charge in [0.2, 0.25) is 0 Å². The normalized spacial score (nSPS) is 14.1. The van der Waals surface area contributed by atoms with E-state index in [0.29, 0.717) is 11.1 Å². The third-order valence-corrected chi connectivity index (χ3v) is 5.57. The lowest BCUT2D eigenvalue weighted by Crippen LogP contribution is -2.30. The molecule has 4 rings (SSSR count). The van der Waals surface area contributed by atoms with E-state index in [4.69, 9.17) is 0 Å². The van der Waals surface area contributed by atoms with Crippen LogP contribution in [0.15, 0.2) is 88.7 Å². The predicted molar refractivity (Wildman–Crippen MR) is 108 cm³/mol. The molecule has 1 heterocycles. The first-order valence-electron chi connectivity index (χ1n) is 8.86. The molecule has 3 aromatic rings. The van der Waals surface area contributed by atoms with Crippen molar-refractivity contribution in [3.8, 4) is 0 Å². The zero-order valence-corrected chi connectivity index (χ0v) is 16.0. The van der Waals surface area contributed by atoms with Crippen LogP contribution in [0, 0.1) is 11.6 Å². The lowest BCUT2D eigenvalue weighted by atomic mass is 10.1. The van der Waals surface area contributed by atoms with Crippen LogP contribution in [0.5, 0.6) is 0 Å². The third-order valence-electron chi connectivity index (χ3n) is 4.48. The molecular weight excluding hydrogens is 392 g/mol. The summed E-state index contributed by atoms with van der Waals surface area (Å²) in [6, 6.07) is 20.4. The number of hydrogen-bond donors (Lipinski definition) is 0. The minimum absolute atomic E-state index is 0.0293. The van der Waals surface area contributed by atoms with E-state index in [0.717, 1.165) is 9.80 Å². The van der Waals surface area contributed by atoms with Crippen molar-refractivity contribution in [2.24, 2.45) is 0 Å². The van der Waals surface area contributed by atoms with Gasteiger partial charge in [-0.25, -0.2) is 8.78 Å². The third kappa shape index (κ3) is 3.98. The summed E-state index contributed by atoms with van der Waals surface area (Å²) in [6.07, 6.45) is 0. The van der Waals surface area contributed by atoms with Gasteiger partial charge < -0.3 is 0 Å². The van der Waals surface area contributed by atoms with Crippen LogP contribution in [0.25, 0.3) is 5.57 Å². The van der Waals surface area contributed by atoms with E-state index in [2.05, 4.69) is 0 Å². The van der Waals surface area contributed by atoms with Gasteiger partial charge in [-0.1, -0.05) is 54.2 Å². The minimum Gasteiger partial charge on any atom is -0.269 e. The van der Waals surface area contributed by atoms with E-state index < -0.39 is 23.4 Å². The van der Waals surface area contributed by atoms with Crippen LogP contribution >= 0.6 is 11.8 Å². The maximum atomic E-state index is 13.4. The fourth-order valence-electron chi connectivity index (χ4n) is 3.04. The molecule has 0 bridgehead atoms. The first-order valence-corrected chi connectivity index (χ1v) is 9.68. The van der Waals surface area contributed by atoms with Gasteiger partial charge >= 0.3 is 0 Å². The molecule has 0 N–H and O–H groups in total. The number of carbonyl (C=O) groups is 2. The fraction of sp³-hybridized carbons (Fsp3) is 0.0435. The summed E-state index contributed by atoms with van der Waals surface area (Å²) in [7, 11) is 0. The molecule has 0 aromatic heterocycles. The van der Waals surface area contributed by atoms with Crippen LogP contribution in [-0.2, 0) is 16.1 Å². The van der Waals surface area contributed by atoms with Crippen molar-refractivity contribution in [2.75, 3.05) is 0 Å². The smallest absolute Gasteiger partial charge is 0.268 e. The minimum atomic E-state index is -0.454. The summed E-state index contributed by atoms with van der Waals surface area (Å²) in [4.78, 5) is 28.5. The highest BCUT2D eigenvalue weighted by Crippen LogP contribution is 2.40. The molecule has 144 valence electrons. The Kier molecular flexibility index (Phi) is 5.27. The first kappa shape index (κ1) is 19.1. The zero-order valence-electron chi connectivity index (χ0n) is 15.1. The van der Waals surface area contributed by atoms with Crippen LogP contribution in [0.3, 0.4) is 0 Å². The van der Waals surface area contributed by atoms with Gasteiger partial charge in [0.05, 0.1) is 17.0 Å². The Labute approximate surface area is 170 Å². The summed E-state index contributed by atoms with van der Waals surface area (Å²) >= 11 is 1.20. The van der Waals surface area contributed by atoms with E-state index in [1.807, 2.05) is 30.3 Å². The molecule has 3 nitrogen and oxygen atoms in total. The van der Waals surface area contributed by atoms with Crippen LogP contribution < -0.4 is 0 Å². The second kappa shape index (κ2) is 8.01. The summed E-state index contributed by atoms with van der Waals surface area (Å²) in [5, 5.41) is 0. The zero-order chi connectivity index (χ0) is 20.4. The van der Waals surface area contributed by atoms with Crippen molar-refractivity contribution in [1.29, 1.82) is 0 Å². The van der Waals surface area contributed by atoms with Gasteiger partial charge in [-0.15, -0.1) is 0 Å². The van der Waals surface area contributed by atoms with Gasteiger partial charge in [0.25, 0.3) is 11.8 Å². The second-order valence-corrected chi connectivity index (χ2v) is 7.53. The van der Waals surface area contributed by atoms with Gasteiger partial charge in [-0.05, 0) is 47.5 Å². The van der Waals surface area contributed by atoms with E-state index in [1.165, 1.54) is 60.3 Å². The highest BCUT2D eigenvalue weighted by atomic mass is 32.2. The molecule has 6 heteroatoms. The largest absolute Gasteiger partial charge is 0.269 e. The molecule has 0 aliphatic carbocycles. The molecule has 0 unspecified atom stereocenters. The number of hydrogen-bond acceptors (Lipinski definition) is 3. The molecule has 0 fully saturated rings. The molecule has 1 aliphatic rings. The standard InChI is InChI=1S/C23H15F2NO2S/c24-17-10-6-15(7-11-17)14-26-22(27)20(16-8-12-18(25)13-9-16)21(23(26)28)29-19-4-2-1-3-5-19/h1-13H,14H2. The molecule has 1 aliphatic heterocycles. The first-order chi connectivity index (χ1) is 14.0. The molecule has 0 atom stereocenters. The van der Waals surface area contributed by atoms with Gasteiger partial charge in [0.1, 0.15) is 11.6 Å². The van der Waals surface area contributed by atoms with Gasteiger partial charge in [0.15, 0.2) is 0 Å². The number of carbonyl (C=O) groups excluding carboxylic acids is 2. The predicted octanol–water partition coefficient (Wildman–Crippen LogP) is 5.04. The van der Waals surface area contributed by atoms with Crippen molar-refractivity contribution in [1.82, 2.24) is 4.90 Å². The molecule has 0 spiro atoms. The van der Waals surface area contributed by atoms with Crippen molar-refractivity contribution >= 4 is 29.1 Å². The Bertz CT molecular complexity index is 1090. The Morgan fingerprint density at radius 3 is 1.93 bits per heavy atom. The van der Waals surface area contributed by atoms with Gasteiger partial charge in [-0.2, -0.15) is 0 Å². The van der Waals surface area contributed by atoms with Crippen molar-refractivity contribution in [3.63, 3.8) is 0 Å². The fourth-order valence-corrected chi connectivity index (χ4v) is 4.08. The highest BCUT2D eigenvalue weighted by Gasteiger charge is 2.39. The number of benzene rings is 3. The summed E-state index contributed by atoms with van der Waals surface area (Å²) in [5.41, 5.74) is 1.35. The topological polar surface area (TPSA) is 37.4 Å². The number of amides is 2. The Hall–Kier alpha value is -3.25. The van der Waals surface area contributed by atoms with Crippen molar-refractivity contribution < 1.29 is 18.4 Å². The van der Waals surface area contributed by atoms with Crippen LogP contribution in [0.4, 0.5) is 8.78 Å². The highest BCUT2D eigenvalue weighted by molar-refractivity contribution is 8.04. The van der Waals surface area contributed by atoms with E-state index in [9.17, 15) is 18.4 Å². The summed E-state index contributed by atoms with van der Waals surface area (Å²) < 4.78 is 26.6. The number of halogens is 2. The Morgan fingerprint density at radius 2 is 1.31 bits per heavy atom. The van der Waals surface area contributed by atoms with Crippen molar-refractivity contribution in [3.05, 3.63) is 107 Å². The van der Waals surface area contributed by atoms with E-state index >= 15 is 0 Å². The van der Waals surface area contributed by atoms with Crippen LogP contribution in [0.2, 0.25) is 0 Å². The van der Waals surface area contributed by atoms with Crippen LogP contribution in [-0.4, -0.2) is 16.7 Å². The Balaban J connectivity index is 1.72. The molecule has 0 saturated carbocycles. The lowest BCUT2D eigenvalue weighted by Gasteiger charge is -2.15. The monoisotopic (exact) mass is 407 g/mol. The quantitative estimate of drug-likeness (QED) is 0.556. The average Bonchev–Trinajstić information content (AvgIpc) is 2.95. The maximum Gasteiger partial charge on any atom is 0.268 e. The molecule has 29 heavy (non-hydrogen) atoms. The van der Waals surface area contributed by atoms with Gasteiger partial charge in [0, 0.05) is 4.90 Å². The van der Waals surface area contributed by atoms with E-state index in [-0.39, 0.29) is 17.0 Å². The number of rotatable bonds is 5. The molecule has 2 amide bonds. The summed E-state index contributed by atoms with van der Waals surface area (Å²) in [6.45, 7) is 0.0293. The van der Waals surface area contributed by atoms with Crippen molar-refractivity contribution in [2.45, 2.75) is 11.4 Å². The number of nitrogens with zero attached hydrogens (tertiary/aromatic N) is 1. The molecule has 0 radical (unpaired) electrons. The Morgan fingerprint density at radius 1 is 0.724 bits per heavy atom. The molecule has 0 saturated heterocycles. The van der Waals surface area contributed by atoms with Gasteiger partial charge in [-0.3, -0.25) is 14.5 Å². The maximum absolute atomic E-state index is 13.4. The number of thioether (sulfide) groups is 1. The molecular formula is C23H15F2NO2S. The number of imide groups is 1. The van der Waals surface area contributed by atoms with E-state index in [1.54, 1.807) is 0 Å².